The van der Waals surface area contributed by atoms with E-state index in [4.69, 9.17) is 16.3 Å². The second kappa shape index (κ2) is 7.87. The van der Waals surface area contributed by atoms with Crippen molar-refractivity contribution in [3.63, 3.8) is 0 Å². The van der Waals surface area contributed by atoms with Gasteiger partial charge in [-0.2, -0.15) is 0 Å². The highest BCUT2D eigenvalue weighted by Gasteiger charge is 2.12. The summed E-state index contributed by atoms with van der Waals surface area (Å²) in [5.41, 5.74) is 2.51. The van der Waals surface area contributed by atoms with Crippen LogP contribution in [0.15, 0.2) is 18.2 Å². The summed E-state index contributed by atoms with van der Waals surface area (Å²) in [6.07, 6.45) is 0. The third kappa shape index (κ3) is 6.12. The first-order valence-electron chi connectivity index (χ1n) is 7.16. The minimum Gasteiger partial charge on any atom is -0.380 e. The smallest absolute Gasteiger partial charge is 0.0641 e. The summed E-state index contributed by atoms with van der Waals surface area (Å²) < 4.78 is 5.42. The van der Waals surface area contributed by atoms with Gasteiger partial charge in [0.2, 0.25) is 0 Å². The Morgan fingerprint density at radius 1 is 1.30 bits per heavy atom. The van der Waals surface area contributed by atoms with Gasteiger partial charge in [-0.05, 0) is 45.4 Å². The first-order chi connectivity index (χ1) is 9.33. The average Bonchev–Trinajstić information content (AvgIpc) is 2.36. The summed E-state index contributed by atoms with van der Waals surface area (Å²) in [6.45, 7) is 11.7. The van der Waals surface area contributed by atoms with Crippen LogP contribution in [0.3, 0.4) is 0 Å². The standard InChI is InChI=1S/C16H27ClN2O/c1-6-20-10-9-19(5)15-11-14(17)8-7-13(15)12-18-16(2,3)4/h7-8,11,18H,6,9-10,12H2,1-5H3. The third-order valence-corrected chi connectivity index (χ3v) is 3.28. The van der Waals surface area contributed by atoms with Gasteiger partial charge in [-0.15, -0.1) is 0 Å². The maximum atomic E-state index is 6.13. The minimum atomic E-state index is 0.0980. The summed E-state index contributed by atoms with van der Waals surface area (Å²) in [5, 5.41) is 4.29. The van der Waals surface area contributed by atoms with Gasteiger partial charge in [0.1, 0.15) is 0 Å². The largest absolute Gasteiger partial charge is 0.380 e. The van der Waals surface area contributed by atoms with E-state index in [0.717, 1.165) is 37.0 Å². The average molecular weight is 299 g/mol. The normalized spacial score (nSPS) is 11.7. The molecule has 0 amide bonds. The molecule has 1 aromatic carbocycles. The molecule has 0 unspecified atom stereocenters. The lowest BCUT2D eigenvalue weighted by Gasteiger charge is -2.26. The van der Waals surface area contributed by atoms with Crippen molar-refractivity contribution < 1.29 is 4.74 Å². The monoisotopic (exact) mass is 298 g/mol. The summed E-state index contributed by atoms with van der Waals surface area (Å²) in [5.74, 6) is 0. The van der Waals surface area contributed by atoms with Crippen molar-refractivity contribution in [3.8, 4) is 0 Å². The third-order valence-electron chi connectivity index (χ3n) is 3.04. The van der Waals surface area contributed by atoms with Crippen LogP contribution in [0.5, 0.6) is 0 Å². The molecule has 0 saturated heterocycles. The number of nitrogens with one attached hydrogen (secondary N) is 1. The number of hydrogen-bond donors (Lipinski definition) is 1. The van der Waals surface area contributed by atoms with Crippen LogP contribution in [0.2, 0.25) is 5.02 Å². The van der Waals surface area contributed by atoms with Gasteiger partial charge in [-0.3, -0.25) is 0 Å². The molecule has 0 radical (unpaired) electrons. The molecule has 114 valence electrons. The van der Waals surface area contributed by atoms with Crippen LogP contribution >= 0.6 is 11.6 Å². The number of hydrogen-bond acceptors (Lipinski definition) is 3. The Morgan fingerprint density at radius 2 is 2.00 bits per heavy atom. The van der Waals surface area contributed by atoms with Crippen LogP contribution in [0, 0.1) is 0 Å². The Labute approximate surface area is 128 Å². The molecule has 0 fully saturated rings. The molecule has 20 heavy (non-hydrogen) atoms. The molecule has 0 aliphatic heterocycles. The Hall–Kier alpha value is -0.770. The van der Waals surface area contributed by atoms with Crippen molar-refractivity contribution in [3.05, 3.63) is 28.8 Å². The van der Waals surface area contributed by atoms with Crippen LogP contribution in [0.1, 0.15) is 33.3 Å². The van der Waals surface area contributed by atoms with E-state index >= 15 is 0 Å². The first-order valence-corrected chi connectivity index (χ1v) is 7.53. The molecule has 0 aliphatic rings. The van der Waals surface area contributed by atoms with Crippen molar-refractivity contribution >= 4 is 17.3 Å². The number of anilines is 1. The maximum absolute atomic E-state index is 6.13. The molecule has 0 bridgehead atoms. The molecule has 1 N–H and O–H groups in total. The molecule has 0 aromatic heterocycles. The van der Waals surface area contributed by atoms with Crippen LogP contribution in [0.4, 0.5) is 5.69 Å². The number of benzene rings is 1. The molecular formula is C16H27ClN2O. The van der Waals surface area contributed by atoms with E-state index in [1.165, 1.54) is 5.56 Å². The predicted molar refractivity (Wildman–Crippen MR) is 87.8 cm³/mol. The Bertz CT molecular complexity index is 415. The van der Waals surface area contributed by atoms with Gasteiger partial charge >= 0.3 is 0 Å². The van der Waals surface area contributed by atoms with E-state index in [0.29, 0.717) is 0 Å². The van der Waals surface area contributed by atoms with Crippen molar-refractivity contribution in [2.75, 3.05) is 31.7 Å². The summed E-state index contributed by atoms with van der Waals surface area (Å²) >= 11 is 6.13. The molecule has 1 aromatic rings. The van der Waals surface area contributed by atoms with Gasteiger partial charge in [0.05, 0.1) is 6.61 Å². The second-order valence-electron chi connectivity index (χ2n) is 6.00. The van der Waals surface area contributed by atoms with E-state index in [-0.39, 0.29) is 5.54 Å². The summed E-state index contributed by atoms with van der Waals surface area (Å²) in [7, 11) is 2.07. The molecule has 0 heterocycles. The zero-order valence-electron chi connectivity index (χ0n) is 13.3. The fourth-order valence-electron chi connectivity index (χ4n) is 1.87. The van der Waals surface area contributed by atoms with E-state index in [2.05, 4.69) is 44.1 Å². The van der Waals surface area contributed by atoms with Crippen molar-refractivity contribution in [2.24, 2.45) is 0 Å². The van der Waals surface area contributed by atoms with Gasteiger partial charge in [0, 0.05) is 43.0 Å². The SMILES string of the molecule is CCOCCN(C)c1cc(Cl)ccc1CNC(C)(C)C. The van der Waals surface area contributed by atoms with Crippen molar-refractivity contribution in [2.45, 2.75) is 39.8 Å². The number of rotatable bonds is 7. The maximum Gasteiger partial charge on any atom is 0.0641 e. The van der Waals surface area contributed by atoms with Gasteiger partial charge in [0.15, 0.2) is 0 Å². The molecule has 1 rings (SSSR count). The summed E-state index contributed by atoms with van der Waals surface area (Å²) in [6, 6.07) is 6.06. The zero-order valence-corrected chi connectivity index (χ0v) is 14.0. The number of nitrogens with zero attached hydrogens (tertiary/aromatic N) is 1. The van der Waals surface area contributed by atoms with E-state index in [1.807, 2.05) is 19.1 Å². The molecular weight excluding hydrogens is 272 g/mol. The summed E-state index contributed by atoms with van der Waals surface area (Å²) in [4.78, 5) is 2.20. The highest BCUT2D eigenvalue weighted by molar-refractivity contribution is 6.30. The van der Waals surface area contributed by atoms with Crippen LogP contribution in [-0.4, -0.2) is 32.3 Å². The lowest BCUT2D eigenvalue weighted by molar-refractivity contribution is 0.154. The van der Waals surface area contributed by atoms with Gasteiger partial charge in [-0.25, -0.2) is 0 Å². The van der Waals surface area contributed by atoms with E-state index in [9.17, 15) is 0 Å². The van der Waals surface area contributed by atoms with E-state index in [1.54, 1.807) is 0 Å². The minimum absolute atomic E-state index is 0.0980. The van der Waals surface area contributed by atoms with E-state index < -0.39 is 0 Å². The highest BCUT2D eigenvalue weighted by atomic mass is 35.5. The van der Waals surface area contributed by atoms with Crippen LogP contribution < -0.4 is 10.2 Å². The Balaban J connectivity index is 2.78. The van der Waals surface area contributed by atoms with Crippen molar-refractivity contribution in [1.82, 2.24) is 5.32 Å². The Morgan fingerprint density at radius 3 is 2.60 bits per heavy atom. The van der Waals surface area contributed by atoms with Gasteiger partial charge in [-0.1, -0.05) is 17.7 Å². The molecule has 0 spiro atoms. The molecule has 0 saturated carbocycles. The lowest BCUT2D eigenvalue weighted by atomic mass is 10.1. The highest BCUT2D eigenvalue weighted by Crippen LogP contribution is 2.24. The topological polar surface area (TPSA) is 24.5 Å². The van der Waals surface area contributed by atoms with Crippen LogP contribution in [0.25, 0.3) is 0 Å². The van der Waals surface area contributed by atoms with Gasteiger partial charge in [0.25, 0.3) is 0 Å². The Kier molecular flexibility index (Phi) is 6.80. The number of ether oxygens (including phenoxy) is 1. The molecule has 3 nitrogen and oxygen atoms in total. The number of likely N-dealkylation sites (N-methyl/N-ethyl adjacent to an activating group) is 1. The lowest BCUT2D eigenvalue weighted by Crippen LogP contribution is -2.35. The molecule has 0 aliphatic carbocycles. The first kappa shape index (κ1) is 17.3. The van der Waals surface area contributed by atoms with Crippen molar-refractivity contribution in [1.29, 1.82) is 0 Å². The van der Waals surface area contributed by atoms with Crippen LogP contribution in [-0.2, 0) is 11.3 Å². The zero-order chi connectivity index (χ0) is 15.2. The fourth-order valence-corrected chi connectivity index (χ4v) is 2.03. The second-order valence-corrected chi connectivity index (χ2v) is 6.43. The van der Waals surface area contributed by atoms with Gasteiger partial charge < -0.3 is 15.0 Å². The fraction of sp³-hybridized carbons (Fsp3) is 0.625. The number of halogens is 1. The molecule has 4 heteroatoms. The quantitative estimate of drug-likeness (QED) is 0.777. The molecule has 0 atom stereocenters. The predicted octanol–water partition coefficient (Wildman–Crippen LogP) is 3.70.